The first-order chi connectivity index (χ1) is 10.4. The average molecular weight is 360 g/mol. The van der Waals surface area contributed by atoms with Crippen LogP contribution in [0.4, 0.5) is 4.79 Å². The van der Waals surface area contributed by atoms with Gasteiger partial charge in [-0.25, -0.2) is 4.79 Å². The van der Waals surface area contributed by atoms with Crippen molar-refractivity contribution in [1.82, 2.24) is 4.90 Å². The maximum absolute atomic E-state index is 12.0. The van der Waals surface area contributed by atoms with E-state index in [-0.39, 0.29) is 6.09 Å². The zero-order valence-electron chi connectivity index (χ0n) is 13.5. The molecule has 1 aliphatic heterocycles. The molecule has 0 saturated carbocycles. The fourth-order valence-electron chi connectivity index (χ4n) is 2.20. The van der Waals surface area contributed by atoms with Gasteiger partial charge in [-0.2, -0.15) is 0 Å². The average Bonchev–Trinajstić information content (AvgIpc) is 2.95. The van der Waals surface area contributed by atoms with Gasteiger partial charge in [-0.3, -0.25) is 0 Å². The van der Waals surface area contributed by atoms with Crippen LogP contribution in [0, 0.1) is 0 Å². The Morgan fingerprint density at radius 1 is 1.41 bits per heavy atom. The number of carbonyl (C=O) groups excluding carboxylic acids is 1. The third kappa shape index (κ3) is 6.42. The first-order valence-electron chi connectivity index (χ1n) is 7.72. The Morgan fingerprint density at radius 3 is 2.73 bits per heavy atom. The lowest BCUT2D eigenvalue weighted by molar-refractivity contribution is 0.0219. The SMILES string of the molecule is CC(C)(C)OC(=O)N1CCC(SSCCc2cccs2)CC1. The molecule has 1 saturated heterocycles. The fraction of sp³-hybridized carbons (Fsp3) is 0.688. The van der Waals surface area contributed by atoms with Crippen molar-refractivity contribution in [2.45, 2.75) is 50.9 Å². The van der Waals surface area contributed by atoms with Gasteiger partial charge in [-0.1, -0.05) is 27.7 Å². The zero-order chi connectivity index (χ0) is 16.0. The summed E-state index contributed by atoms with van der Waals surface area (Å²) in [6.45, 7) is 7.38. The van der Waals surface area contributed by atoms with Gasteiger partial charge in [0.05, 0.1) is 0 Å². The Labute approximate surface area is 145 Å². The highest BCUT2D eigenvalue weighted by Gasteiger charge is 2.27. The third-order valence-electron chi connectivity index (χ3n) is 3.31. The van der Waals surface area contributed by atoms with Crippen LogP contribution in [0.3, 0.4) is 0 Å². The number of piperidine rings is 1. The zero-order valence-corrected chi connectivity index (χ0v) is 16.0. The summed E-state index contributed by atoms with van der Waals surface area (Å²) < 4.78 is 5.43. The molecule has 22 heavy (non-hydrogen) atoms. The van der Waals surface area contributed by atoms with E-state index in [1.54, 1.807) is 0 Å². The predicted molar refractivity (Wildman–Crippen MR) is 98.9 cm³/mol. The fourth-order valence-corrected chi connectivity index (χ4v) is 5.73. The minimum atomic E-state index is -0.402. The molecule has 0 aliphatic carbocycles. The molecule has 6 heteroatoms. The van der Waals surface area contributed by atoms with E-state index >= 15 is 0 Å². The quantitative estimate of drug-likeness (QED) is 0.542. The predicted octanol–water partition coefficient (Wildman–Crippen LogP) is 5.07. The van der Waals surface area contributed by atoms with E-state index in [0.717, 1.165) is 38.1 Å². The van der Waals surface area contributed by atoms with Crippen LogP contribution in [-0.2, 0) is 11.2 Å². The summed E-state index contributed by atoms with van der Waals surface area (Å²) >= 11 is 1.84. The molecule has 1 aromatic rings. The van der Waals surface area contributed by atoms with Crippen LogP contribution in [0.15, 0.2) is 17.5 Å². The van der Waals surface area contributed by atoms with Gasteiger partial charge in [-0.15, -0.1) is 11.3 Å². The molecular formula is C16H25NO2S3. The summed E-state index contributed by atoms with van der Waals surface area (Å²) in [4.78, 5) is 15.3. The van der Waals surface area contributed by atoms with Gasteiger partial charge in [0, 0.05) is 29.0 Å². The molecule has 0 spiro atoms. The van der Waals surface area contributed by atoms with Gasteiger partial charge >= 0.3 is 6.09 Å². The van der Waals surface area contributed by atoms with E-state index in [0.29, 0.717) is 5.25 Å². The number of likely N-dealkylation sites (tertiary alicyclic amines) is 1. The van der Waals surface area contributed by atoms with Crippen molar-refractivity contribution in [1.29, 1.82) is 0 Å². The molecule has 2 heterocycles. The highest BCUT2D eigenvalue weighted by molar-refractivity contribution is 8.76. The number of rotatable bonds is 5. The first-order valence-corrected chi connectivity index (χ1v) is 11.0. The second kappa shape index (κ2) is 8.50. The van der Waals surface area contributed by atoms with Crippen LogP contribution in [0.5, 0.6) is 0 Å². The van der Waals surface area contributed by atoms with Crippen LogP contribution >= 0.6 is 32.9 Å². The second-order valence-electron chi connectivity index (χ2n) is 6.41. The minimum absolute atomic E-state index is 0.165. The molecule has 0 N–H and O–H groups in total. The summed E-state index contributed by atoms with van der Waals surface area (Å²) in [6.07, 6.45) is 3.12. The van der Waals surface area contributed by atoms with Crippen molar-refractivity contribution < 1.29 is 9.53 Å². The molecule has 1 amide bonds. The number of thiophene rings is 1. The highest BCUT2D eigenvalue weighted by atomic mass is 33.1. The van der Waals surface area contributed by atoms with Gasteiger partial charge in [0.1, 0.15) is 5.60 Å². The summed E-state index contributed by atoms with van der Waals surface area (Å²) in [5.74, 6) is 1.16. The summed E-state index contributed by atoms with van der Waals surface area (Å²) in [5, 5.41) is 2.80. The molecule has 1 fully saturated rings. The van der Waals surface area contributed by atoms with E-state index < -0.39 is 5.60 Å². The van der Waals surface area contributed by atoms with Crippen LogP contribution in [-0.4, -0.2) is 40.7 Å². The van der Waals surface area contributed by atoms with Crippen molar-refractivity contribution in [3.63, 3.8) is 0 Å². The largest absolute Gasteiger partial charge is 0.444 e. The number of hydrogen-bond acceptors (Lipinski definition) is 5. The number of carbonyl (C=O) groups is 1. The minimum Gasteiger partial charge on any atom is -0.444 e. The van der Waals surface area contributed by atoms with Crippen molar-refractivity contribution in [3.05, 3.63) is 22.4 Å². The molecule has 3 nitrogen and oxygen atoms in total. The smallest absolute Gasteiger partial charge is 0.410 e. The maximum Gasteiger partial charge on any atom is 0.410 e. The molecule has 2 rings (SSSR count). The summed E-state index contributed by atoms with van der Waals surface area (Å²) in [6, 6.07) is 4.32. The number of ether oxygens (including phenoxy) is 1. The van der Waals surface area contributed by atoms with Crippen molar-refractivity contribution in [3.8, 4) is 0 Å². The van der Waals surface area contributed by atoms with Crippen molar-refractivity contribution in [2.75, 3.05) is 18.8 Å². The van der Waals surface area contributed by atoms with E-state index in [4.69, 9.17) is 4.74 Å². The monoisotopic (exact) mass is 359 g/mol. The molecular weight excluding hydrogens is 334 g/mol. The van der Waals surface area contributed by atoms with Gasteiger partial charge in [0.15, 0.2) is 0 Å². The van der Waals surface area contributed by atoms with Gasteiger partial charge in [0.25, 0.3) is 0 Å². The van der Waals surface area contributed by atoms with Gasteiger partial charge in [-0.05, 0) is 51.5 Å². The number of hydrogen-bond donors (Lipinski definition) is 0. The maximum atomic E-state index is 12.0. The Kier molecular flexibility index (Phi) is 6.96. The topological polar surface area (TPSA) is 29.5 Å². The molecule has 1 aliphatic rings. The first kappa shape index (κ1) is 18.0. The Balaban J connectivity index is 1.59. The van der Waals surface area contributed by atoms with Gasteiger partial charge in [0.2, 0.25) is 0 Å². The third-order valence-corrected chi connectivity index (χ3v) is 7.22. The number of nitrogens with zero attached hydrogens (tertiary/aromatic N) is 1. The Hall–Kier alpha value is -0.330. The van der Waals surface area contributed by atoms with Crippen LogP contribution < -0.4 is 0 Å². The van der Waals surface area contributed by atoms with Crippen molar-refractivity contribution >= 4 is 39.0 Å². The molecule has 1 aromatic heterocycles. The number of aryl methyl sites for hydroxylation is 1. The highest BCUT2D eigenvalue weighted by Crippen LogP contribution is 2.34. The van der Waals surface area contributed by atoms with Crippen molar-refractivity contribution in [2.24, 2.45) is 0 Å². The Bertz CT molecular complexity index is 448. The lowest BCUT2D eigenvalue weighted by Gasteiger charge is -2.33. The molecule has 0 atom stereocenters. The normalized spacial score (nSPS) is 16.8. The molecule has 0 aromatic carbocycles. The van der Waals surface area contributed by atoms with E-state index in [1.807, 2.05) is 58.6 Å². The van der Waals surface area contributed by atoms with Crippen LogP contribution in [0.1, 0.15) is 38.5 Å². The molecule has 0 unspecified atom stereocenters. The summed E-state index contributed by atoms with van der Waals surface area (Å²) in [7, 11) is 3.95. The van der Waals surface area contributed by atoms with E-state index in [1.165, 1.54) is 4.88 Å². The number of amides is 1. The Morgan fingerprint density at radius 2 is 2.14 bits per heavy atom. The second-order valence-corrected chi connectivity index (χ2v) is 10.2. The lowest BCUT2D eigenvalue weighted by atomic mass is 10.1. The van der Waals surface area contributed by atoms with Gasteiger partial charge < -0.3 is 9.64 Å². The summed E-state index contributed by atoms with van der Waals surface area (Å²) in [5.41, 5.74) is -0.402. The molecule has 0 radical (unpaired) electrons. The van der Waals surface area contributed by atoms with Crippen LogP contribution in [0.2, 0.25) is 0 Å². The van der Waals surface area contributed by atoms with E-state index in [9.17, 15) is 4.79 Å². The lowest BCUT2D eigenvalue weighted by Crippen LogP contribution is -2.42. The van der Waals surface area contributed by atoms with E-state index in [2.05, 4.69) is 17.5 Å². The standard InChI is InChI=1S/C16H25NO2S3/c1-16(2,3)19-15(18)17-9-6-14(7-10-17)22-21-12-8-13-5-4-11-20-13/h4-5,11,14H,6-10,12H2,1-3H3. The molecule has 0 bridgehead atoms. The van der Waals surface area contributed by atoms with Crippen LogP contribution in [0.25, 0.3) is 0 Å². The molecule has 124 valence electrons.